The van der Waals surface area contributed by atoms with E-state index in [1.807, 2.05) is 0 Å². The molecule has 1 spiro atoms. The molecule has 0 amide bonds. The summed E-state index contributed by atoms with van der Waals surface area (Å²) in [6.45, 7) is 2.85. The maximum absolute atomic E-state index is 11.3. The number of sulfonamides is 1. The highest BCUT2D eigenvalue weighted by Gasteiger charge is 2.43. The van der Waals surface area contributed by atoms with Gasteiger partial charge in [-0.25, -0.2) is 12.7 Å². The van der Waals surface area contributed by atoms with Crippen LogP contribution in [-0.2, 0) is 14.8 Å². The third-order valence-electron chi connectivity index (χ3n) is 3.06. The maximum Gasteiger partial charge on any atom is 0.211 e. The highest BCUT2D eigenvalue weighted by molar-refractivity contribution is 7.88. The summed E-state index contributed by atoms with van der Waals surface area (Å²) in [5.41, 5.74) is 0.142. The monoisotopic (exact) mass is 205 g/mol. The van der Waals surface area contributed by atoms with Gasteiger partial charge in [0, 0.05) is 25.1 Å². The number of rotatable bonds is 1. The van der Waals surface area contributed by atoms with Crippen LogP contribution in [0.15, 0.2) is 0 Å². The normalized spacial score (nSPS) is 36.1. The van der Waals surface area contributed by atoms with Crippen molar-refractivity contribution in [1.82, 2.24) is 4.31 Å². The molecule has 0 aliphatic carbocycles. The standard InChI is InChI=1S/C8H15NO3S/c1-13(10,11)9-4-2-8(6-9)3-5-12-7-8/h2-7H2,1H3. The van der Waals surface area contributed by atoms with Gasteiger partial charge in [-0.3, -0.25) is 0 Å². The molecule has 13 heavy (non-hydrogen) atoms. The van der Waals surface area contributed by atoms with E-state index in [2.05, 4.69) is 0 Å². The highest BCUT2D eigenvalue weighted by Crippen LogP contribution is 2.38. The summed E-state index contributed by atoms with van der Waals surface area (Å²) >= 11 is 0. The number of ether oxygens (including phenoxy) is 1. The van der Waals surface area contributed by atoms with Gasteiger partial charge in [-0.2, -0.15) is 0 Å². The zero-order valence-electron chi connectivity index (χ0n) is 7.82. The first-order valence-corrected chi connectivity index (χ1v) is 6.40. The van der Waals surface area contributed by atoms with Gasteiger partial charge in [0.25, 0.3) is 0 Å². The second-order valence-corrected chi connectivity index (χ2v) is 6.13. The summed E-state index contributed by atoms with van der Waals surface area (Å²) in [4.78, 5) is 0. The van der Waals surface area contributed by atoms with Crippen molar-refractivity contribution in [3.05, 3.63) is 0 Å². The minimum absolute atomic E-state index is 0.142. The molecule has 2 saturated heterocycles. The molecule has 2 aliphatic heterocycles. The lowest BCUT2D eigenvalue weighted by atomic mass is 9.87. The van der Waals surface area contributed by atoms with Crippen LogP contribution in [0.2, 0.25) is 0 Å². The molecule has 0 N–H and O–H groups in total. The molecule has 2 aliphatic rings. The lowest BCUT2D eigenvalue weighted by Gasteiger charge is -2.20. The summed E-state index contributed by atoms with van der Waals surface area (Å²) < 4.78 is 29.4. The molecule has 2 rings (SSSR count). The third kappa shape index (κ3) is 1.73. The second kappa shape index (κ2) is 2.93. The van der Waals surface area contributed by atoms with Crippen molar-refractivity contribution in [2.75, 3.05) is 32.6 Å². The Morgan fingerprint density at radius 2 is 2.15 bits per heavy atom. The number of hydrogen-bond acceptors (Lipinski definition) is 3. The molecule has 76 valence electrons. The lowest BCUT2D eigenvalue weighted by molar-refractivity contribution is 0.157. The SMILES string of the molecule is CS(=O)(=O)N1CCC2(CCOC2)C1. The van der Waals surface area contributed by atoms with E-state index in [9.17, 15) is 8.42 Å². The van der Waals surface area contributed by atoms with E-state index >= 15 is 0 Å². The summed E-state index contributed by atoms with van der Waals surface area (Å²) in [5, 5.41) is 0. The Morgan fingerprint density at radius 1 is 1.38 bits per heavy atom. The van der Waals surface area contributed by atoms with Crippen molar-refractivity contribution in [2.24, 2.45) is 5.41 Å². The molecule has 0 radical (unpaired) electrons. The van der Waals surface area contributed by atoms with Crippen LogP contribution in [0, 0.1) is 5.41 Å². The molecule has 5 heteroatoms. The Morgan fingerprint density at radius 3 is 2.62 bits per heavy atom. The van der Waals surface area contributed by atoms with Crippen molar-refractivity contribution >= 4 is 10.0 Å². The molecule has 0 bridgehead atoms. The smallest absolute Gasteiger partial charge is 0.211 e. The van der Waals surface area contributed by atoms with E-state index in [0.29, 0.717) is 13.1 Å². The molecule has 0 aromatic carbocycles. The van der Waals surface area contributed by atoms with Gasteiger partial charge in [-0.05, 0) is 12.8 Å². The summed E-state index contributed by atoms with van der Waals surface area (Å²) in [6.07, 6.45) is 3.25. The van der Waals surface area contributed by atoms with Crippen LogP contribution in [0.1, 0.15) is 12.8 Å². The second-order valence-electron chi connectivity index (χ2n) is 4.15. The third-order valence-corrected chi connectivity index (χ3v) is 4.31. The van der Waals surface area contributed by atoms with Crippen molar-refractivity contribution in [1.29, 1.82) is 0 Å². The van der Waals surface area contributed by atoms with Crippen LogP contribution < -0.4 is 0 Å². The van der Waals surface area contributed by atoms with Gasteiger partial charge in [0.05, 0.1) is 12.9 Å². The fourth-order valence-electron chi connectivity index (χ4n) is 2.15. The van der Waals surface area contributed by atoms with Gasteiger partial charge in [0.1, 0.15) is 0 Å². The van der Waals surface area contributed by atoms with Gasteiger partial charge < -0.3 is 4.74 Å². The molecule has 0 saturated carbocycles. The largest absolute Gasteiger partial charge is 0.381 e. The highest BCUT2D eigenvalue weighted by atomic mass is 32.2. The molecule has 2 heterocycles. The first-order valence-electron chi connectivity index (χ1n) is 4.55. The quantitative estimate of drug-likeness (QED) is 0.608. The van der Waals surface area contributed by atoms with Gasteiger partial charge in [-0.1, -0.05) is 0 Å². The Kier molecular flexibility index (Phi) is 2.13. The summed E-state index contributed by atoms with van der Waals surface area (Å²) in [7, 11) is -2.99. The Hall–Kier alpha value is -0.130. The average Bonchev–Trinajstić information content (AvgIpc) is 2.60. The van der Waals surface area contributed by atoms with Crippen molar-refractivity contribution < 1.29 is 13.2 Å². The lowest BCUT2D eigenvalue weighted by Crippen LogP contribution is -2.31. The molecular weight excluding hydrogens is 190 g/mol. The molecule has 1 unspecified atom stereocenters. The Balaban J connectivity index is 2.09. The fourth-order valence-corrected chi connectivity index (χ4v) is 3.08. The van der Waals surface area contributed by atoms with Crippen LogP contribution in [-0.4, -0.2) is 45.3 Å². The summed E-state index contributed by atoms with van der Waals surface area (Å²) in [5.74, 6) is 0. The number of nitrogens with zero attached hydrogens (tertiary/aromatic N) is 1. The van der Waals surface area contributed by atoms with Gasteiger partial charge in [0.15, 0.2) is 0 Å². The average molecular weight is 205 g/mol. The Bertz CT molecular complexity index is 293. The number of hydrogen-bond donors (Lipinski definition) is 0. The topological polar surface area (TPSA) is 46.6 Å². The predicted molar refractivity (Wildman–Crippen MR) is 48.9 cm³/mol. The van der Waals surface area contributed by atoms with E-state index in [1.165, 1.54) is 6.26 Å². The van der Waals surface area contributed by atoms with Crippen LogP contribution in [0.3, 0.4) is 0 Å². The molecule has 4 nitrogen and oxygen atoms in total. The first-order chi connectivity index (χ1) is 6.02. The Labute approximate surface area is 78.9 Å². The predicted octanol–water partition coefficient (Wildman–Crippen LogP) is 0.0584. The minimum Gasteiger partial charge on any atom is -0.381 e. The van der Waals surface area contributed by atoms with E-state index in [1.54, 1.807) is 4.31 Å². The summed E-state index contributed by atoms with van der Waals surface area (Å²) in [6, 6.07) is 0. The van der Waals surface area contributed by atoms with E-state index in [0.717, 1.165) is 26.1 Å². The van der Waals surface area contributed by atoms with Crippen molar-refractivity contribution in [3.8, 4) is 0 Å². The van der Waals surface area contributed by atoms with Crippen LogP contribution in [0.25, 0.3) is 0 Å². The minimum atomic E-state index is -2.99. The van der Waals surface area contributed by atoms with E-state index in [4.69, 9.17) is 4.74 Å². The van der Waals surface area contributed by atoms with Crippen molar-refractivity contribution in [2.45, 2.75) is 12.8 Å². The zero-order chi connectivity index (χ0) is 9.53. The van der Waals surface area contributed by atoms with E-state index in [-0.39, 0.29) is 5.41 Å². The first kappa shape index (κ1) is 9.43. The molecule has 2 fully saturated rings. The molecule has 0 aromatic heterocycles. The van der Waals surface area contributed by atoms with Gasteiger partial charge >= 0.3 is 0 Å². The van der Waals surface area contributed by atoms with E-state index < -0.39 is 10.0 Å². The van der Waals surface area contributed by atoms with Crippen LogP contribution in [0.4, 0.5) is 0 Å². The molecule has 1 atom stereocenters. The van der Waals surface area contributed by atoms with Crippen molar-refractivity contribution in [3.63, 3.8) is 0 Å². The zero-order valence-corrected chi connectivity index (χ0v) is 8.64. The fraction of sp³-hybridized carbons (Fsp3) is 1.00. The van der Waals surface area contributed by atoms with Crippen LogP contribution >= 0.6 is 0 Å². The van der Waals surface area contributed by atoms with Crippen LogP contribution in [0.5, 0.6) is 0 Å². The maximum atomic E-state index is 11.3. The van der Waals surface area contributed by atoms with Gasteiger partial charge in [-0.15, -0.1) is 0 Å². The van der Waals surface area contributed by atoms with Gasteiger partial charge in [0.2, 0.25) is 10.0 Å². The molecular formula is C8H15NO3S. The molecule has 0 aromatic rings.